The Morgan fingerprint density at radius 3 is 2.86 bits per heavy atom. The van der Waals surface area contributed by atoms with Crippen molar-refractivity contribution in [2.24, 2.45) is 0 Å². The number of nitrogens with one attached hydrogen (secondary N) is 1. The van der Waals surface area contributed by atoms with Gasteiger partial charge >= 0.3 is 0 Å². The molecule has 1 N–H and O–H groups in total. The smallest absolute Gasteiger partial charge is 0.152 e. The second kappa shape index (κ2) is 5.81. The van der Waals surface area contributed by atoms with Crippen molar-refractivity contribution >= 4 is 27.4 Å². The highest BCUT2D eigenvalue weighted by atomic mass is 32.1. The molecule has 3 heterocycles. The fourth-order valence-corrected chi connectivity index (χ4v) is 2.99. The molecule has 0 spiro atoms. The standard InChI is InChI=1S/C15H19N5S/c1-4-6-16-14-12-5-7-21-15(12)19-13(18-14)8-20-9-17-10(2)11(20)3/h5,7,9H,4,6,8H2,1-3H3,(H,16,18,19). The first-order chi connectivity index (χ1) is 10.2. The van der Waals surface area contributed by atoms with Gasteiger partial charge in [-0.05, 0) is 31.7 Å². The molecule has 5 nitrogen and oxygen atoms in total. The largest absolute Gasteiger partial charge is 0.369 e. The second-order valence-corrected chi connectivity index (χ2v) is 5.99. The van der Waals surface area contributed by atoms with Gasteiger partial charge in [0.2, 0.25) is 0 Å². The van der Waals surface area contributed by atoms with Crippen molar-refractivity contribution in [2.45, 2.75) is 33.7 Å². The average molecular weight is 301 g/mol. The third kappa shape index (κ3) is 2.76. The molecule has 3 rings (SSSR count). The molecule has 0 unspecified atom stereocenters. The van der Waals surface area contributed by atoms with Gasteiger partial charge in [0.15, 0.2) is 5.82 Å². The summed E-state index contributed by atoms with van der Waals surface area (Å²) in [7, 11) is 0. The van der Waals surface area contributed by atoms with E-state index in [1.165, 1.54) is 0 Å². The normalized spacial score (nSPS) is 11.2. The van der Waals surface area contributed by atoms with Gasteiger partial charge in [0.25, 0.3) is 0 Å². The summed E-state index contributed by atoms with van der Waals surface area (Å²) < 4.78 is 2.09. The molecule has 3 aromatic heterocycles. The van der Waals surface area contributed by atoms with Gasteiger partial charge in [-0.25, -0.2) is 15.0 Å². The zero-order chi connectivity index (χ0) is 14.8. The predicted molar refractivity (Wildman–Crippen MR) is 87.0 cm³/mol. The second-order valence-electron chi connectivity index (χ2n) is 5.10. The first-order valence-electron chi connectivity index (χ1n) is 7.15. The minimum Gasteiger partial charge on any atom is -0.369 e. The van der Waals surface area contributed by atoms with E-state index < -0.39 is 0 Å². The maximum Gasteiger partial charge on any atom is 0.152 e. The SMILES string of the molecule is CCCNc1nc(Cn2cnc(C)c2C)nc2sccc12. The number of aromatic nitrogens is 4. The first-order valence-corrected chi connectivity index (χ1v) is 8.03. The molecule has 0 aliphatic heterocycles. The van der Waals surface area contributed by atoms with Gasteiger partial charge in [-0.3, -0.25) is 0 Å². The van der Waals surface area contributed by atoms with Gasteiger partial charge in [0, 0.05) is 12.2 Å². The number of hydrogen-bond acceptors (Lipinski definition) is 5. The van der Waals surface area contributed by atoms with Crippen LogP contribution in [-0.4, -0.2) is 26.1 Å². The third-order valence-corrected chi connectivity index (χ3v) is 4.38. The molecule has 6 heteroatoms. The fourth-order valence-electron chi connectivity index (χ4n) is 2.20. The number of rotatable bonds is 5. The minimum absolute atomic E-state index is 0.654. The Hall–Kier alpha value is -1.95. The molecule has 110 valence electrons. The summed E-state index contributed by atoms with van der Waals surface area (Å²) >= 11 is 1.65. The maximum absolute atomic E-state index is 4.69. The van der Waals surface area contributed by atoms with Crippen molar-refractivity contribution in [1.82, 2.24) is 19.5 Å². The Balaban J connectivity index is 1.96. The molecule has 0 aromatic carbocycles. The van der Waals surface area contributed by atoms with Gasteiger partial charge in [-0.1, -0.05) is 6.92 Å². The van der Waals surface area contributed by atoms with Crippen molar-refractivity contribution in [2.75, 3.05) is 11.9 Å². The van der Waals surface area contributed by atoms with Gasteiger partial charge < -0.3 is 9.88 Å². The molecule has 0 amide bonds. The maximum atomic E-state index is 4.69. The lowest BCUT2D eigenvalue weighted by Gasteiger charge is -2.09. The van der Waals surface area contributed by atoms with E-state index in [0.29, 0.717) is 6.54 Å². The number of nitrogens with zero attached hydrogens (tertiary/aromatic N) is 4. The van der Waals surface area contributed by atoms with Crippen LogP contribution in [0.15, 0.2) is 17.8 Å². The van der Waals surface area contributed by atoms with E-state index in [1.807, 2.05) is 13.3 Å². The molecule has 0 atom stereocenters. The number of aryl methyl sites for hydroxylation is 1. The average Bonchev–Trinajstić information content (AvgIpc) is 3.06. The van der Waals surface area contributed by atoms with Crippen LogP contribution in [0.2, 0.25) is 0 Å². The number of hydrogen-bond donors (Lipinski definition) is 1. The van der Waals surface area contributed by atoms with Crippen LogP contribution in [-0.2, 0) is 6.54 Å². The quantitative estimate of drug-likeness (QED) is 0.785. The highest BCUT2D eigenvalue weighted by Crippen LogP contribution is 2.25. The molecule has 0 aliphatic rings. The number of fused-ring (bicyclic) bond motifs is 1. The van der Waals surface area contributed by atoms with E-state index >= 15 is 0 Å². The summed E-state index contributed by atoms with van der Waals surface area (Å²) in [5.74, 6) is 1.76. The van der Waals surface area contributed by atoms with E-state index in [0.717, 1.165) is 46.2 Å². The van der Waals surface area contributed by atoms with Crippen LogP contribution < -0.4 is 5.32 Å². The molecule has 0 saturated heterocycles. The Labute approximate surface area is 128 Å². The van der Waals surface area contributed by atoms with E-state index in [4.69, 9.17) is 4.98 Å². The molecule has 21 heavy (non-hydrogen) atoms. The zero-order valence-corrected chi connectivity index (χ0v) is 13.4. The fraction of sp³-hybridized carbons (Fsp3) is 0.400. The number of anilines is 1. The lowest BCUT2D eigenvalue weighted by Crippen LogP contribution is -2.09. The van der Waals surface area contributed by atoms with Crippen LogP contribution in [0.1, 0.15) is 30.6 Å². The summed E-state index contributed by atoms with van der Waals surface area (Å²) in [5.41, 5.74) is 2.21. The van der Waals surface area contributed by atoms with Crippen molar-refractivity contribution in [3.63, 3.8) is 0 Å². The van der Waals surface area contributed by atoms with E-state index in [9.17, 15) is 0 Å². The zero-order valence-electron chi connectivity index (χ0n) is 12.6. The topological polar surface area (TPSA) is 55.6 Å². The molecule has 0 bridgehead atoms. The van der Waals surface area contributed by atoms with Crippen LogP contribution >= 0.6 is 11.3 Å². The summed E-state index contributed by atoms with van der Waals surface area (Å²) in [5, 5.41) is 6.57. The molecular formula is C15H19N5S. The van der Waals surface area contributed by atoms with Crippen LogP contribution in [0.25, 0.3) is 10.2 Å². The van der Waals surface area contributed by atoms with E-state index in [2.05, 4.69) is 45.1 Å². The molecular weight excluding hydrogens is 282 g/mol. The number of imidazole rings is 1. The lowest BCUT2D eigenvalue weighted by atomic mass is 10.3. The molecule has 0 saturated carbocycles. The van der Waals surface area contributed by atoms with E-state index in [-0.39, 0.29) is 0 Å². The minimum atomic E-state index is 0.654. The van der Waals surface area contributed by atoms with Crippen molar-refractivity contribution in [1.29, 1.82) is 0 Å². The highest BCUT2D eigenvalue weighted by Gasteiger charge is 2.10. The highest BCUT2D eigenvalue weighted by molar-refractivity contribution is 7.16. The van der Waals surface area contributed by atoms with Crippen LogP contribution in [0, 0.1) is 13.8 Å². The van der Waals surface area contributed by atoms with Crippen molar-refractivity contribution in [3.8, 4) is 0 Å². The molecule has 3 aromatic rings. The molecule has 0 aliphatic carbocycles. The summed E-state index contributed by atoms with van der Waals surface area (Å²) in [6.45, 7) is 7.81. The Morgan fingerprint density at radius 2 is 2.14 bits per heavy atom. The van der Waals surface area contributed by atoms with Crippen LogP contribution in [0.3, 0.4) is 0 Å². The lowest BCUT2D eigenvalue weighted by molar-refractivity contribution is 0.727. The van der Waals surface area contributed by atoms with Crippen LogP contribution in [0.4, 0.5) is 5.82 Å². The summed E-state index contributed by atoms with van der Waals surface area (Å²) in [4.78, 5) is 14.7. The molecule has 0 radical (unpaired) electrons. The van der Waals surface area contributed by atoms with Gasteiger partial charge in [-0.2, -0.15) is 0 Å². The van der Waals surface area contributed by atoms with Crippen LogP contribution in [0.5, 0.6) is 0 Å². The summed E-state index contributed by atoms with van der Waals surface area (Å²) in [6, 6.07) is 2.08. The monoisotopic (exact) mass is 301 g/mol. The van der Waals surface area contributed by atoms with Crippen molar-refractivity contribution in [3.05, 3.63) is 35.0 Å². The van der Waals surface area contributed by atoms with Gasteiger partial charge in [0.05, 0.1) is 24.0 Å². The third-order valence-electron chi connectivity index (χ3n) is 3.57. The first kappa shape index (κ1) is 14.0. The van der Waals surface area contributed by atoms with Gasteiger partial charge in [-0.15, -0.1) is 11.3 Å². The Kier molecular flexibility index (Phi) is 3.88. The van der Waals surface area contributed by atoms with Crippen molar-refractivity contribution < 1.29 is 0 Å². The number of thiophene rings is 1. The van der Waals surface area contributed by atoms with E-state index in [1.54, 1.807) is 11.3 Å². The summed E-state index contributed by atoms with van der Waals surface area (Å²) in [6.07, 6.45) is 2.93. The predicted octanol–water partition coefficient (Wildman–Crippen LogP) is 3.37. The van der Waals surface area contributed by atoms with Gasteiger partial charge in [0.1, 0.15) is 10.6 Å². The molecule has 0 fully saturated rings. The Bertz CT molecular complexity index is 759. The Morgan fingerprint density at radius 1 is 1.29 bits per heavy atom.